The molecule has 1 amide bonds. The molecule has 6 nitrogen and oxygen atoms in total. The van der Waals surface area contributed by atoms with Gasteiger partial charge in [-0.3, -0.25) is 9.69 Å². The van der Waals surface area contributed by atoms with Gasteiger partial charge in [0.1, 0.15) is 5.75 Å². The van der Waals surface area contributed by atoms with Gasteiger partial charge in [0.2, 0.25) is 5.91 Å². The van der Waals surface area contributed by atoms with Crippen molar-refractivity contribution in [2.24, 2.45) is 11.8 Å². The summed E-state index contributed by atoms with van der Waals surface area (Å²) in [5.74, 6) is 0.704. The van der Waals surface area contributed by atoms with E-state index in [9.17, 15) is 13.2 Å². The smallest absolute Gasteiger partial charge is 0.223 e. The summed E-state index contributed by atoms with van der Waals surface area (Å²) in [6, 6.07) is 8.15. The zero-order valence-corrected chi connectivity index (χ0v) is 16.6. The molecule has 1 aromatic carbocycles. The van der Waals surface area contributed by atoms with Crippen molar-refractivity contribution in [2.75, 3.05) is 26.0 Å². The topological polar surface area (TPSA) is 75.7 Å². The maximum atomic E-state index is 12.8. The van der Waals surface area contributed by atoms with Crippen LogP contribution in [0.5, 0.6) is 5.75 Å². The number of methoxy groups -OCH3 is 1. The van der Waals surface area contributed by atoms with E-state index in [-0.39, 0.29) is 23.5 Å². The van der Waals surface area contributed by atoms with Crippen LogP contribution in [0.3, 0.4) is 0 Å². The number of nitrogens with zero attached hydrogens (tertiary/aromatic N) is 1. The Morgan fingerprint density at radius 1 is 1.26 bits per heavy atom. The molecular weight excluding hydrogens is 364 g/mol. The highest BCUT2D eigenvalue weighted by Crippen LogP contribution is 2.38. The second-order valence-corrected chi connectivity index (χ2v) is 10.5. The summed E-state index contributed by atoms with van der Waals surface area (Å²) in [6.07, 6.45) is 3.72. The molecule has 1 saturated carbocycles. The quantitative estimate of drug-likeness (QED) is 0.824. The van der Waals surface area contributed by atoms with Crippen LogP contribution >= 0.6 is 0 Å². The molecule has 3 atom stereocenters. The Morgan fingerprint density at radius 3 is 2.78 bits per heavy atom. The van der Waals surface area contributed by atoms with Gasteiger partial charge in [0.15, 0.2) is 9.84 Å². The Labute approximate surface area is 161 Å². The van der Waals surface area contributed by atoms with E-state index in [1.165, 1.54) is 6.42 Å². The molecular formula is C20H28N2O4S. The number of fused-ring (bicyclic) bond motifs is 1. The third-order valence-electron chi connectivity index (χ3n) is 6.40. The molecule has 27 heavy (non-hydrogen) atoms. The largest absolute Gasteiger partial charge is 0.497 e. The van der Waals surface area contributed by atoms with Crippen molar-refractivity contribution >= 4 is 15.7 Å². The predicted molar refractivity (Wildman–Crippen MR) is 103 cm³/mol. The number of carbonyl (C=O) groups excluding carboxylic acids is 1. The summed E-state index contributed by atoms with van der Waals surface area (Å²) in [5, 5.41) is 2.71. The second kappa shape index (κ2) is 7.43. The lowest BCUT2D eigenvalue weighted by atomic mass is 9.86. The normalized spacial score (nSPS) is 30.3. The van der Waals surface area contributed by atoms with E-state index in [0.29, 0.717) is 32.1 Å². The number of carbonyl (C=O) groups is 1. The first-order valence-electron chi connectivity index (χ1n) is 9.83. The Bertz CT molecular complexity index is 806. The van der Waals surface area contributed by atoms with Crippen LogP contribution < -0.4 is 10.1 Å². The number of amides is 1. The van der Waals surface area contributed by atoms with Gasteiger partial charge in [-0.05, 0) is 43.4 Å². The maximum absolute atomic E-state index is 12.8. The highest BCUT2D eigenvalue weighted by Gasteiger charge is 2.50. The van der Waals surface area contributed by atoms with Gasteiger partial charge in [-0.25, -0.2) is 8.42 Å². The monoisotopic (exact) mass is 392 g/mol. The molecule has 3 fully saturated rings. The first-order valence-corrected chi connectivity index (χ1v) is 11.5. The highest BCUT2D eigenvalue weighted by molar-refractivity contribution is 7.92. The number of benzene rings is 1. The fourth-order valence-electron chi connectivity index (χ4n) is 4.65. The fourth-order valence-corrected chi connectivity index (χ4v) is 6.78. The van der Waals surface area contributed by atoms with E-state index in [1.807, 2.05) is 24.3 Å². The SMILES string of the molecule is COc1cccc(CN2C[C@H]3[C@@H](C(=O)NC4CCC4)CCS(=O)(=O)[C@H]3C2)c1. The first-order chi connectivity index (χ1) is 13.0. The first kappa shape index (κ1) is 18.7. The predicted octanol–water partition coefficient (Wildman–Crippen LogP) is 1.60. The van der Waals surface area contributed by atoms with Gasteiger partial charge < -0.3 is 10.1 Å². The molecule has 148 valence electrons. The molecule has 0 unspecified atom stereocenters. The molecule has 0 aromatic heterocycles. The standard InChI is InChI=1S/C20H28N2O4S/c1-26-16-7-2-4-14(10-16)11-22-12-18-17(20(23)21-15-5-3-6-15)8-9-27(24,25)19(18)13-22/h2,4,7,10,15,17-19H,3,5-6,8-9,11-13H2,1H3,(H,21,23)/t17-,18-,19-/m0/s1. The molecule has 7 heteroatoms. The molecule has 4 rings (SSSR count). The van der Waals surface area contributed by atoms with E-state index in [1.54, 1.807) is 7.11 Å². The van der Waals surface area contributed by atoms with Gasteiger partial charge in [0.05, 0.1) is 18.1 Å². The minimum atomic E-state index is -3.13. The van der Waals surface area contributed by atoms with Crippen LogP contribution in [0.25, 0.3) is 0 Å². The van der Waals surface area contributed by atoms with Crippen molar-refractivity contribution in [2.45, 2.75) is 43.5 Å². The van der Waals surface area contributed by atoms with Crippen molar-refractivity contribution in [3.8, 4) is 5.75 Å². The van der Waals surface area contributed by atoms with E-state index in [0.717, 1.165) is 24.2 Å². The Hall–Kier alpha value is -1.60. The summed E-state index contributed by atoms with van der Waals surface area (Å²) in [7, 11) is -1.49. The highest BCUT2D eigenvalue weighted by atomic mass is 32.2. The summed E-state index contributed by atoms with van der Waals surface area (Å²) < 4.78 is 30.6. The van der Waals surface area contributed by atoms with Gasteiger partial charge in [-0.2, -0.15) is 0 Å². The Morgan fingerprint density at radius 2 is 2.07 bits per heavy atom. The number of likely N-dealkylation sites (tertiary alicyclic amines) is 1. The van der Waals surface area contributed by atoms with Crippen molar-refractivity contribution < 1.29 is 17.9 Å². The third-order valence-corrected chi connectivity index (χ3v) is 8.63. The Kier molecular flexibility index (Phi) is 5.16. The van der Waals surface area contributed by atoms with Gasteiger partial charge >= 0.3 is 0 Å². The molecule has 2 aliphatic heterocycles. The van der Waals surface area contributed by atoms with E-state index >= 15 is 0 Å². The number of nitrogens with one attached hydrogen (secondary N) is 1. The lowest BCUT2D eigenvalue weighted by Crippen LogP contribution is -2.50. The van der Waals surface area contributed by atoms with Crippen LogP contribution in [0.2, 0.25) is 0 Å². The van der Waals surface area contributed by atoms with Crippen LogP contribution in [0.15, 0.2) is 24.3 Å². The van der Waals surface area contributed by atoms with Crippen LogP contribution in [0.1, 0.15) is 31.2 Å². The molecule has 0 bridgehead atoms. The lowest BCUT2D eigenvalue weighted by Gasteiger charge is -2.34. The zero-order valence-electron chi connectivity index (χ0n) is 15.8. The average molecular weight is 393 g/mol. The third kappa shape index (κ3) is 3.85. The van der Waals surface area contributed by atoms with E-state index in [2.05, 4.69) is 10.2 Å². The van der Waals surface area contributed by atoms with Crippen LogP contribution in [-0.4, -0.2) is 56.5 Å². The van der Waals surface area contributed by atoms with Crippen molar-refractivity contribution in [3.63, 3.8) is 0 Å². The number of sulfone groups is 1. The molecule has 1 aromatic rings. The molecule has 0 radical (unpaired) electrons. The summed E-state index contributed by atoms with van der Waals surface area (Å²) >= 11 is 0. The van der Waals surface area contributed by atoms with Gasteiger partial charge in [-0.15, -0.1) is 0 Å². The molecule has 2 saturated heterocycles. The molecule has 2 heterocycles. The molecule has 0 spiro atoms. The molecule has 1 N–H and O–H groups in total. The maximum Gasteiger partial charge on any atom is 0.223 e. The lowest BCUT2D eigenvalue weighted by molar-refractivity contribution is -0.128. The fraction of sp³-hybridized carbons (Fsp3) is 0.650. The van der Waals surface area contributed by atoms with Crippen molar-refractivity contribution in [3.05, 3.63) is 29.8 Å². The second-order valence-electron chi connectivity index (χ2n) is 8.15. The number of rotatable bonds is 5. The molecule has 1 aliphatic carbocycles. The molecule has 3 aliphatic rings. The summed E-state index contributed by atoms with van der Waals surface area (Å²) in [6.45, 7) is 1.85. The number of hydrogen-bond donors (Lipinski definition) is 1. The average Bonchev–Trinajstić information content (AvgIpc) is 3.03. The van der Waals surface area contributed by atoms with Crippen LogP contribution in [0, 0.1) is 11.8 Å². The van der Waals surface area contributed by atoms with Gasteiger partial charge in [0.25, 0.3) is 0 Å². The Balaban J connectivity index is 1.48. The van der Waals surface area contributed by atoms with Crippen LogP contribution in [-0.2, 0) is 21.2 Å². The van der Waals surface area contributed by atoms with Crippen LogP contribution in [0.4, 0.5) is 0 Å². The number of hydrogen-bond acceptors (Lipinski definition) is 5. The van der Waals surface area contributed by atoms with E-state index in [4.69, 9.17) is 4.74 Å². The summed E-state index contributed by atoms with van der Waals surface area (Å²) in [4.78, 5) is 14.9. The summed E-state index contributed by atoms with van der Waals surface area (Å²) in [5.41, 5.74) is 1.10. The number of ether oxygens (including phenoxy) is 1. The van der Waals surface area contributed by atoms with E-state index < -0.39 is 15.1 Å². The zero-order chi connectivity index (χ0) is 19.0. The van der Waals surface area contributed by atoms with Crippen molar-refractivity contribution in [1.82, 2.24) is 10.2 Å². The van der Waals surface area contributed by atoms with Crippen molar-refractivity contribution in [1.29, 1.82) is 0 Å². The minimum absolute atomic E-state index is 0.0628. The van der Waals surface area contributed by atoms with Gasteiger partial charge in [0, 0.05) is 37.5 Å². The van der Waals surface area contributed by atoms with Gasteiger partial charge in [-0.1, -0.05) is 12.1 Å². The minimum Gasteiger partial charge on any atom is -0.497 e.